The summed E-state index contributed by atoms with van der Waals surface area (Å²) in [7, 11) is 4.04. The van der Waals surface area contributed by atoms with Gasteiger partial charge in [0.1, 0.15) is 0 Å². The molecule has 6 nitrogen and oxygen atoms in total. The Kier molecular flexibility index (Phi) is 6.95. The molecule has 1 aliphatic rings. The van der Waals surface area contributed by atoms with Crippen molar-refractivity contribution in [2.24, 2.45) is 0 Å². The summed E-state index contributed by atoms with van der Waals surface area (Å²) in [5.41, 5.74) is 0. The molecule has 1 N–H and O–H groups in total. The molecule has 0 aromatic rings. The molecule has 1 unspecified atom stereocenters. The molecule has 0 saturated carbocycles. The van der Waals surface area contributed by atoms with E-state index in [1.165, 1.54) is 0 Å². The SMILES string of the molecule is CC(C)N(CCCC(=O)O)C(=O)N1CCCC1CN(C)C. The second kappa shape index (κ2) is 8.22. The summed E-state index contributed by atoms with van der Waals surface area (Å²) in [5, 5.41) is 8.74. The minimum absolute atomic E-state index is 0.0553. The summed E-state index contributed by atoms with van der Waals surface area (Å²) in [6.07, 6.45) is 2.71. The summed E-state index contributed by atoms with van der Waals surface area (Å²) in [6.45, 7) is 6.16. The molecule has 6 heteroatoms. The number of hydrogen-bond acceptors (Lipinski definition) is 3. The van der Waals surface area contributed by atoms with Crippen LogP contribution >= 0.6 is 0 Å². The van der Waals surface area contributed by atoms with Gasteiger partial charge < -0.3 is 19.8 Å². The zero-order valence-electron chi connectivity index (χ0n) is 13.7. The van der Waals surface area contributed by atoms with Crippen LogP contribution in [0.1, 0.15) is 39.5 Å². The van der Waals surface area contributed by atoms with Crippen molar-refractivity contribution >= 4 is 12.0 Å². The van der Waals surface area contributed by atoms with E-state index in [2.05, 4.69) is 4.90 Å². The van der Waals surface area contributed by atoms with Crippen molar-refractivity contribution in [2.45, 2.75) is 51.6 Å². The van der Waals surface area contributed by atoms with Crippen LogP contribution in [0.5, 0.6) is 0 Å². The lowest BCUT2D eigenvalue weighted by Gasteiger charge is -2.35. The first kappa shape index (κ1) is 17.8. The topological polar surface area (TPSA) is 64.1 Å². The van der Waals surface area contributed by atoms with Gasteiger partial charge in [0, 0.05) is 38.1 Å². The van der Waals surface area contributed by atoms with Gasteiger partial charge in [0.2, 0.25) is 0 Å². The van der Waals surface area contributed by atoms with Gasteiger partial charge in [-0.25, -0.2) is 4.79 Å². The highest BCUT2D eigenvalue weighted by Gasteiger charge is 2.32. The molecular weight excluding hydrogens is 270 g/mol. The minimum atomic E-state index is -0.808. The van der Waals surface area contributed by atoms with E-state index in [1.54, 1.807) is 4.90 Å². The Balaban J connectivity index is 2.64. The third-order valence-corrected chi connectivity index (χ3v) is 3.86. The van der Waals surface area contributed by atoms with E-state index >= 15 is 0 Å². The summed E-state index contributed by atoms with van der Waals surface area (Å²) in [4.78, 5) is 29.2. The number of rotatable bonds is 7. The normalized spacial score (nSPS) is 18.6. The van der Waals surface area contributed by atoms with Gasteiger partial charge in [0.05, 0.1) is 0 Å². The highest BCUT2D eigenvalue weighted by Crippen LogP contribution is 2.20. The van der Waals surface area contributed by atoms with Crippen LogP contribution in [-0.4, -0.2) is 77.6 Å². The Hall–Kier alpha value is -1.30. The molecule has 1 fully saturated rings. The maximum Gasteiger partial charge on any atom is 0.320 e. The molecule has 0 bridgehead atoms. The molecule has 1 rings (SSSR count). The molecule has 1 heterocycles. The number of nitrogens with zero attached hydrogens (tertiary/aromatic N) is 3. The van der Waals surface area contributed by atoms with Crippen molar-refractivity contribution < 1.29 is 14.7 Å². The van der Waals surface area contributed by atoms with Crippen molar-refractivity contribution in [3.8, 4) is 0 Å². The molecule has 1 aliphatic heterocycles. The lowest BCUT2D eigenvalue weighted by Crippen LogP contribution is -2.50. The van der Waals surface area contributed by atoms with Crippen LogP contribution < -0.4 is 0 Å². The second-order valence-electron chi connectivity index (χ2n) is 6.32. The molecule has 0 radical (unpaired) electrons. The van der Waals surface area contributed by atoms with Gasteiger partial charge in [-0.2, -0.15) is 0 Å². The Morgan fingerprint density at radius 1 is 1.33 bits per heavy atom. The lowest BCUT2D eigenvalue weighted by molar-refractivity contribution is -0.137. The van der Waals surface area contributed by atoms with Crippen molar-refractivity contribution in [3.05, 3.63) is 0 Å². The zero-order chi connectivity index (χ0) is 16.0. The molecular formula is C15H29N3O3. The van der Waals surface area contributed by atoms with Gasteiger partial charge in [-0.3, -0.25) is 4.79 Å². The Morgan fingerprint density at radius 3 is 2.52 bits per heavy atom. The van der Waals surface area contributed by atoms with E-state index in [-0.39, 0.29) is 24.5 Å². The molecule has 0 aliphatic carbocycles. The van der Waals surface area contributed by atoms with Gasteiger partial charge in [-0.15, -0.1) is 0 Å². The molecule has 21 heavy (non-hydrogen) atoms. The van der Waals surface area contributed by atoms with Gasteiger partial charge in [-0.1, -0.05) is 0 Å². The average molecular weight is 299 g/mol. The average Bonchev–Trinajstić information content (AvgIpc) is 2.80. The maximum absolute atomic E-state index is 12.7. The standard InChI is InChI=1S/C15H29N3O3/c1-12(2)17(9-6-8-14(19)20)15(21)18-10-5-7-13(18)11-16(3)4/h12-13H,5-11H2,1-4H3,(H,19,20). The number of likely N-dealkylation sites (tertiary alicyclic amines) is 1. The fourth-order valence-corrected chi connectivity index (χ4v) is 2.84. The molecule has 122 valence electrons. The van der Waals surface area contributed by atoms with Gasteiger partial charge in [0.25, 0.3) is 0 Å². The molecule has 1 atom stereocenters. The number of likely N-dealkylation sites (N-methyl/N-ethyl adjacent to an activating group) is 1. The fourth-order valence-electron chi connectivity index (χ4n) is 2.84. The summed E-state index contributed by atoms with van der Waals surface area (Å²) in [6, 6.07) is 0.417. The molecule has 0 aromatic heterocycles. The third-order valence-electron chi connectivity index (χ3n) is 3.86. The number of carboxylic acids is 1. The van der Waals surface area contributed by atoms with Crippen LogP contribution in [0.15, 0.2) is 0 Å². The first-order chi connectivity index (χ1) is 9.82. The quantitative estimate of drug-likeness (QED) is 0.777. The number of urea groups is 1. The zero-order valence-corrected chi connectivity index (χ0v) is 13.7. The summed E-state index contributed by atoms with van der Waals surface area (Å²) >= 11 is 0. The largest absolute Gasteiger partial charge is 0.481 e. The monoisotopic (exact) mass is 299 g/mol. The highest BCUT2D eigenvalue weighted by molar-refractivity contribution is 5.75. The van der Waals surface area contributed by atoms with E-state index < -0.39 is 5.97 Å². The predicted molar refractivity (Wildman–Crippen MR) is 82.4 cm³/mol. The number of carboxylic acid groups (broad SMARTS) is 1. The third kappa shape index (κ3) is 5.53. The Labute approximate surface area is 127 Å². The number of carbonyl (C=O) groups is 2. The number of aliphatic carboxylic acids is 1. The minimum Gasteiger partial charge on any atom is -0.481 e. The highest BCUT2D eigenvalue weighted by atomic mass is 16.4. The fraction of sp³-hybridized carbons (Fsp3) is 0.867. The van der Waals surface area contributed by atoms with E-state index in [0.717, 1.165) is 25.9 Å². The lowest BCUT2D eigenvalue weighted by atomic mass is 10.2. The molecule has 0 spiro atoms. The van der Waals surface area contributed by atoms with Crippen molar-refractivity contribution in [3.63, 3.8) is 0 Å². The van der Waals surface area contributed by atoms with E-state index in [4.69, 9.17) is 5.11 Å². The number of amides is 2. The first-order valence-corrected chi connectivity index (χ1v) is 7.76. The second-order valence-corrected chi connectivity index (χ2v) is 6.32. The van der Waals surface area contributed by atoms with Crippen LogP contribution in [0.4, 0.5) is 4.79 Å². The van der Waals surface area contributed by atoms with E-state index in [0.29, 0.717) is 13.0 Å². The van der Waals surface area contributed by atoms with Gasteiger partial charge in [-0.05, 0) is 47.2 Å². The number of carbonyl (C=O) groups excluding carboxylic acids is 1. The van der Waals surface area contributed by atoms with E-state index in [9.17, 15) is 9.59 Å². The first-order valence-electron chi connectivity index (χ1n) is 7.76. The van der Waals surface area contributed by atoms with Crippen molar-refractivity contribution in [1.82, 2.24) is 14.7 Å². The van der Waals surface area contributed by atoms with Crippen molar-refractivity contribution in [2.75, 3.05) is 33.7 Å². The summed E-state index contributed by atoms with van der Waals surface area (Å²) < 4.78 is 0. The van der Waals surface area contributed by atoms with Crippen LogP contribution in [0.3, 0.4) is 0 Å². The Bertz CT molecular complexity index is 358. The smallest absolute Gasteiger partial charge is 0.320 e. The predicted octanol–water partition coefficient (Wildman–Crippen LogP) is 1.71. The molecule has 1 saturated heterocycles. The van der Waals surface area contributed by atoms with E-state index in [1.807, 2.05) is 32.8 Å². The van der Waals surface area contributed by atoms with Gasteiger partial charge >= 0.3 is 12.0 Å². The number of hydrogen-bond donors (Lipinski definition) is 1. The molecule has 2 amide bonds. The van der Waals surface area contributed by atoms with Crippen LogP contribution in [-0.2, 0) is 4.79 Å². The van der Waals surface area contributed by atoms with Crippen LogP contribution in [0.2, 0.25) is 0 Å². The van der Waals surface area contributed by atoms with Crippen molar-refractivity contribution in [1.29, 1.82) is 0 Å². The van der Waals surface area contributed by atoms with Gasteiger partial charge in [0.15, 0.2) is 0 Å². The molecule has 0 aromatic carbocycles. The summed E-state index contributed by atoms with van der Waals surface area (Å²) in [5.74, 6) is -0.808. The van der Waals surface area contributed by atoms with Crippen LogP contribution in [0.25, 0.3) is 0 Å². The Morgan fingerprint density at radius 2 is 2.00 bits per heavy atom. The maximum atomic E-state index is 12.7. The van der Waals surface area contributed by atoms with Crippen LogP contribution in [0, 0.1) is 0 Å².